The van der Waals surface area contributed by atoms with E-state index in [1.807, 2.05) is 0 Å². The van der Waals surface area contributed by atoms with E-state index in [2.05, 4.69) is 48.4 Å². The maximum atomic E-state index is 5.50. The summed E-state index contributed by atoms with van der Waals surface area (Å²) >= 11 is 0. The summed E-state index contributed by atoms with van der Waals surface area (Å²) in [5, 5.41) is 1.38. The monoisotopic (exact) mass is 258 g/mol. The maximum Gasteiger partial charge on any atom is 0.0535 e. The van der Waals surface area contributed by atoms with Gasteiger partial charge in [0.15, 0.2) is 0 Å². The molecule has 1 aliphatic rings. The molecule has 1 unspecified atom stereocenters. The van der Waals surface area contributed by atoms with Crippen molar-refractivity contribution in [2.75, 3.05) is 33.9 Å². The van der Waals surface area contributed by atoms with Crippen LogP contribution in [0, 0.1) is 0 Å². The lowest BCUT2D eigenvalue weighted by molar-refractivity contribution is 0.194. The zero-order valence-electron chi connectivity index (χ0n) is 11.8. The van der Waals surface area contributed by atoms with Crippen LogP contribution < -0.4 is 0 Å². The van der Waals surface area contributed by atoms with Crippen LogP contribution in [0.25, 0.3) is 10.9 Å². The van der Waals surface area contributed by atoms with Crippen molar-refractivity contribution in [2.24, 2.45) is 0 Å². The zero-order chi connectivity index (χ0) is 13.2. The van der Waals surface area contributed by atoms with Crippen LogP contribution in [0.3, 0.4) is 0 Å². The lowest BCUT2D eigenvalue weighted by Gasteiger charge is -2.10. The quantitative estimate of drug-likeness (QED) is 0.913. The van der Waals surface area contributed by atoms with Crippen molar-refractivity contribution in [3.8, 4) is 0 Å². The molecule has 0 spiro atoms. The minimum absolute atomic E-state index is 0.584. The van der Waals surface area contributed by atoms with Gasteiger partial charge >= 0.3 is 0 Å². The normalized spacial score (nSPS) is 19.6. The number of likely N-dealkylation sites (N-methyl/N-ethyl adjacent to an activating group) is 1. The number of H-pyrrole nitrogens is 1. The molecule has 0 radical (unpaired) electrons. The molecule has 1 aromatic carbocycles. The molecule has 1 saturated heterocycles. The fraction of sp³-hybridized carbons (Fsp3) is 0.500. The van der Waals surface area contributed by atoms with Gasteiger partial charge in [0.05, 0.1) is 6.61 Å². The number of ether oxygens (including phenoxy) is 1. The Hall–Kier alpha value is -1.32. The molecule has 102 valence electrons. The van der Waals surface area contributed by atoms with Gasteiger partial charge in [0, 0.05) is 36.2 Å². The summed E-state index contributed by atoms with van der Waals surface area (Å²) in [6.45, 7) is 2.87. The Morgan fingerprint density at radius 2 is 2.26 bits per heavy atom. The fourth-order valence-electron chi connectivity index (χ4n) is 2.80. The first-order chi connectivity index (χ1) is 9.24. The number of rotatable bonds is 4. The SMILES string of the molecule is CN(C)CCc1c[nH]c2ccc(C3CCOC3)cc12. The Kier molecular flexibility index (Phi) is 3.58. The number of aromatic nitrogens is 1. The number of nitrogens with one attached hydrogen (secondary N) is 1. The van der Waals surface area contributed by atoms with Crippen LogP contribution in [0.4, 0.5) is 0 Å². The van der Waals surface area contributed by atoms with E-state index in [1.165, 1.54) is 22.0 Å². The first-order valence-electron chi connectivity index (χ1n) is 7.06. The second-order valence-corrected chi connectivity index (χ2v) is 5.73. The molecule has 1 aromatic heterocycles. The van der Waals surface area contributed by atoms with Crippen LogP contribution in [-0.2, 0) is 11.2 Å². The molecule has 3 nitrogen and oxygen atoms in total. The van der Waals surface area contributed by atoms with E-state index in [0.29, 0.717) is 5.92 Å². The van der Waals surface area contributed by atoms with Crippen molar-refractivity contribution in [3.05, 3.63) is 35.5 Å². The van der Waals surface area contributed by atoms with Crippen molar-refractivity contribution in [1.29, 1.82) is 0 Å². The average Bonchev–Trinajstić information content (AvgIpc) is 3.05. The van der Waals surface area contributed by atoms with E-state index < -0.39 is 0 Å². The highest BCUT2D eigenvalue weighted by molar-refractivity contribution is 5.84. The van der Waals surface area contributed by atoms with Gasteiger partial charge in [-0.25, -0.2) is 0 Å². The highest BCUT2D eigenvalue weighted by atomic mass is 16.5. The molecular formula is C16H22N2O. The van der Waals surface area contributed by atoms with Crippen LogP contribution in [-0.4, -0.2) is 43.7 Å². The van der Waals surface area contributed by atoms with Gasteiger partial charge in [-0.2, -0.15) is 0 Å². The first kappa shape index (κ1) is 12.7. The van der Waals surface area contributed by atoms with E-state index in [9.17, 15) is 0 Å². The number of benzene rings is 1. The standard InChI is InChI=1S/C16H22N2O/c1-18(2)7-5-13-10-17-16-4-3-12(9-15(13)16)14-6-8-19-11-14/h3-4,9-10,14,17H,5-8,11H2,1-2H3. The first-order valence-corrected chi connectivity index (χ1v) is 7.06. The number of hydrogen-bond donors (Lipinski definition) is 1. The summed E-state index contributed by atoms with van der Waals surface area (Å²) < 4.78 is 5.50. The summed E-state index contributed by atoms with van der Waals surface area (Å²) in [5.74, 6) is 0.584. The second kappa shape index (κ2) is 5.35. The fourth-order valence-corrected chi connectivity index (χ4v) is 2.80. The van der Waals surface area contributed by atoms with E-state index in [1.54, 1.807) is 0 Å². The third-order valence-corrected chi connectivity index (χ3v) is 4.02. The molecule has 19 heavy (non-hydrogen) atoms. The molecule has 1 fully saturated rings. The van der Waals surface area contributed by atoms with Gasteiger partial charge in [-0.15, -0.1) is 0 Å². The molecule has 1 atom stereocenters. The Morgan fingerprint density at radius 3 is 3.00 bits per heavy atom. The van der Waals surface area contributed by atoms with Gasteiger partial charge in [-0.3, -0.25) is 0 Å². The molecule has 2 aromatic rings. The maximum absolute atomic E-state index is 5.50. The third-order valence-electron chi connectivity index (χ3n) is 4.02. The molecule has 2 heterocycles. The van der Waals surface area contributed by atoms with Crippen molar-refractivity contribution in [2.45, 2.75) is 18.8 Å². The highest BCUT2D eigenvalue weighted by Gasteiger charge is 2.18. The van der Waals surface area contributed by atoms with Crippen molar-refractivity contribution >= 4 is 10.9 Å². The van der Waals surface area contributed by atoms with Crippen molar-refractivity contribution in [3.63, 3.8) is 0 Å². The Bertz CT molecular complexity index is 553. The van der Waals surface area contributed by atoms with E-state index in [0.717, 1.165) is 32.6 Å². The van der Waals surface area contributed by atoms with E-state index in [4.69, 9.17) is 4.74 Å². The lowest BCUT2D eigenvalue weighted by Crippen LogP contribution is -2.14. The predicted octanol–water partition coefficient (Wildman–Crippen LogP) is 2.78. The highest BCUT2D eigenvalue weighted by Crippen LogP contribution is 2.29. The minimum atomic E-state index is 0.584. The van der Waals surface area contributed by atoms with Crippen LogP contribution in [0.1, 0.15) is 23.5 Å². The van der Waals surface area contributed by atoms with Crippen molar-refractivity contribution in [1.82, 2.24) is 9.88 Å². The summed E-state index contributed by atoms with van der Waals surface area (Å²) in [7, 11) is 4.24. The second-order valence-electron chi connectivity index (χ2n) is 5.73. The summed E-state index contributed by atoms with van der Waals surface area (Å²) in [5.41, 5.74) is 4.09. The van der Waals surface area contributed by atoms with Crippen molar-refractivity contribution < 1.29 is 4.74 Å². The molecule has 0 bridgehead atoms. The third kappa shape index (κ3) is 2.67. The van der Waals surface area contributed by atoms with Gasteiger partial charge in [0.1, 0.15) is 0 Å². The Labute approximate surface area is 114 Å². The van der Waals surface area contributed by atoms with Gasteiger partial charge in [-0.1, -0.05) is 6.07 Å². The number of fused-ring (bicyclic) bond motifs is 1. The van der Waals surface area contributed by atoms with Gasteiger partial charge in [0.25, 0.3) is 0 Å². The summed E-state index contributed by atoms with van der Waals surface area (Å²) in [4.78, 5) is 5.61. The Morgan fingerprint density at radius 1 is 1.37 bits per heavy atom. The minimum Gasteiger partial charge on any atom is -0.381 e. The molecule has 0 amide bonds. The predicted molar refractivity (Wildman–Crippen MR) is 78.7 cm³/mol. The van der Waals surface area contributed by atoms with E-state index in [-0.39, 0.29) is 0 Å². The molecule has 1 N–H and O–H groups in total. The van der Waals surface area contributed by atoms with Crippen LogP contribution in [0.5, 0.6) is 0 Å². The number of nitrogens with zero attached hydrogens (tertiary/aromatic N) is 1. The molecule has 0 aliphatic carbocycles. The van der Waals surface area contributed by atoms with Gasteiger partial charge in [0.2, 0.25) is 0 Å². The lowest BCUT2D eigenvalue weighted by atomic mass is 9.96. The Balaban J connectivity index is 1.89. The number of aromatic amines is 1. The van der Waals surface area contributed by atoms with Gasteiger partial charge in [-0.05, 0) is 50.2 Å². The largest absolute Gasteiger partial charge is 0.381 e. The molecule has 0 saturated carbocycles. The van der Waals surface area contributed by atoms with Crippen LogP contribution in [0.2, 0.25) is 0 Å². The van der Waals surface area contributed by atoms with E-state index >= 15 is 0 Å². The topological polar surface area (TPSA) is 28.3 Å². The van der Waals surface area contributed by atoms with Gasteiger partial charge < -0.3 is 14.6 Å². The average molecular weight is 258 g/mol. The molecule has 3 heteroatoms. The van der Waals surface area contributed by atoms with Crippen LogP contribution >= 0.6 is 0 Å². The summed E-state index contributed by atoms with van der Waals surface area (Å²) in [6, 6.07) is 6.81. The smallest absolute Gasteiger partial charge is 0.0535 e. The molecule has 1 aliphatic heterocycles. The number of hydrogen-bond acceptors (Lipinski definition) is 2. The molecular weight excluding hydrogens is 236 g/mol. The van der Waals surface area contributed by atoms with Crippen LogP contribution in [0.15, 0.2) is 24.4 Å². The molecule has 3 rings (SSSR count). The summed E-state index contributed by atoms with van der Waals surface area (Å²) in [6.07, 6.45) is 4.41. The zero-order valence-corrected chi connectivity index (χ0v) is 11.8.